The van der Waals surface area contributed by atoms with Gasteiger partial charge in [-0.2, -0.15) is 0 Å². The molecule has 4 rings (SSSR count). The van der Waals surface area contributed by atoms with Gasteiger partial charge < -0.3 is 19.1 Å². The van der Waals surface area contributed by atoms with Crippen LogP contribution in [0.4, 0.5) is 0 Å². The maximum atomic E-state index is 13.5. The Hall–Kier alpha value is -2.57. The summed E-state index contributed by atoms with van der Waals surface area (Å²) in [5.41, 5.74) is 3.95. The molecule has 1 saturated heterocycles. The van der Waals surface area contributed by atoms with Crippen molar-refractivity contribution in [2.24, 2.45) is 5.92 Å². The van der Waals surface area contributed by atoms with Crippen LogP contribution in [0.2, 0.25) is 10.0 Å². The molecule has 1 amide bonds. The van der Waals surface area contributed by atoms with Gasteiger partial charge in [0, 0.05) is 10.0 Å². The fraction of sp³-hybridized carbons (Fsp3) is 0.367. The number of carbonyl (C=O) groups is 1. The number of carbonyl (C=O) groups excluding carboxylic acids is 1. The van der Waals surface area contributed by atoms with Crippen LogP contribution in [0.3, 0.4) is 0 Å². The second kappa shape index (κ2) is 12.3. The number of amides is 1. The van der Waals surface area contributed by atoms with Crippen LogP contribution in [0.15, 0.2) is 66.7 Å². The molecule has 3 atom stereocenters. The molecule has 0 aromatic heterocycles. The Morgan fingerprint density at radius 3 is 2.43 bits per heavy atom. The number of nitrogens with zero attached hydrogens (tertiary/aromatic N) is 1. The van der Waals surface area contributed by atoms with E-state index in [-0.39, 0.29) is 36.6 Å². The molecule has 3 aromatic carbocycles. The van der Waals surface area contributed by atoms with Gasteiger partial charge >= 0.3 is 0 Å². The number of aryl methyl sites for hydroxylation is 1. The first-order valence-electron chi connectivity index (χ1n) is 12.4. The topological polar surface area (TPSA) is 48.0 Å². The third-order valence-corrected chi connectivity index (χ3v) is 7.29. The minimum absolute atomic E-state index is 0.0142. The lowest BCUT2D eigenvalue weighted by atomic mass is 9.89. The Morgan fingerprint density at radius 1 is 1.00 bits per heavy atom. The first-order chi connectivity index (χ1) is 17.8. The van der Waals surface area contributed by atoms with E-state index in [1.54, 1.807) is 7.11 Å². The number of ether oxygens (including phenoxy) is 3. The Bertz CT molecular complexity index is 1210. The van der Waals surface area contributed by atoms with Crippen molar-refractivity contribution in [3.05, 3.63) is 99.0 Å². The number of halogens is 2. The summed E-state index contributed by atoms with van der Waals surface area (Å²) in [5.74, 6) is 0.902. The fourth-order valence-corrected chi connectivity index (χ4v) is 5.15. The highest BCUT2D eigenvalue weighted by Gasteiger charge is 2.43. The van der Waals surface area contributed by atoms with Crippen LogP contribution >= 0.6 is 23.2 Å². The zero-order chi connectivity index (χ0) is 26.5. The smallest absolute Gasteiger partial charge is 0.249 e. The molecule has 196 valence electrons. The van der Waals surface area contributed by atoms with Gasteiger partial charge in [-0.15, -0.1) is 0 Å². The van der Waals surface area contributed by atoms with Crippen LogP contribution in [0.25, 0.3) is 0 Å². The first kappa shape index (κ1) is 27.5. The van der Waals surface area contributed by atoms with Gasteiger partial charge in [0.1, 0.15) is 18.5 Å². The van der Waals surface area contributed by atoms with Crippen molar-refractivity contribution < 1.29 is 19.0 Å². The normalized spacial score (nSPS) is 18.8. The third kappa shape index (κ3) is 6.47. The summed E-state index contributed by atoms with van der Waals surface area (Å²) in [7, 11) is 1.67. The van der Waals surface area contributed by atoms with Gasteiger partial charge in [-0.3, -0.25) is 4.79 Å². The van der Waals surface area contributed by atoms with Gasteiger partial charge in [0.2, 0.25) is 5.91 Å². The fourth-order valence-electron chi connectivity index (χ4n) is 4.82. The van der Waals surface area contributed by atoms with E-state index >= 15 is 0 Å². The molecule has 1 fully saturated rings. The number of hydrogen-bond acceptors (Lipinski definition) is 4. The minimum Gasteiger partial charge on any atom is -0.496 e. The van der Waals surface area contributed by atoms with Crippen molar-refractivity contribution >= 4 is 29.1 Å². The lowest BCUT2D eigenvalue weighted by Crippen LogP contribution is -2.54. The maximum absolute atomic E-state index is 13.5. The van der Waals surface area contributed by atoms with Crippen LogP contribution in [-0.4, -0.2) is 37.2 Å². The quantitative estimate of drug-likeness (QED) is 0.287. The molecule has 37 heavy (non-hydrogen) atoms. The highest BCUT2D eigenvalue weighted by atomic mass is 35.5. The molecule has 0 aliphatic carbocycles. The van der Waals surface area contributed by atoms with Crippen molar-refractivity contribution in [1.29, 1.82) is 0 Å². The Balaban J connectivity index is 1.64. The molecule has 3 aromatic rings. The summed E-state index contributed by atoms with van der Waals surface area (Å²) < 4.78 is 17.8. The van der Waals surface area contributed by atoms with Crippen LogP contribution in [0.5, 0.6) is 5.75 Å². The van der Waals surface area contributed by atoms with Crippen molar-refractivity contribution in [3.8, 4) is 5.75 Å². The summed E-state index contributed by atoms with van der Waals surface area (Å²) in [4.78, 5) is 15.4. The van der Waals surface area contributed by atoms with E-state index < -0.39 is 0 Å². The van der Waals surface area contributed by atoms with E-state index in [0.29, 0.717) is 23.3 Å². The SMILES string of the molecule is COc1cc(COC[C@@H](C(C)C)N2C(=O)CO[C@H](c3cccc(Cl)c3)C2c2ccc(Cl)cc2)ccc1C. The lowest BCUT2D eigenvalue weighted by molar-refractivity contribution is -0.168. The number of benzene rings is 3. The summed E-state index contributed by atoms with van der Waals surface area (Å²) >= 11 is 12.5. The summed E-state index contributed by atoms with van der Waals surface area (Å²) in [6.45, 7) is 7.01. The van der Waals surface area contributed by atoms with Crippen LogP contribution in [0, 0.1) is 12.8 Å². The van der Waals surface area contributed by atoms with Crippen LogP contribution < -0.4 is 4.74 Å². The second-order valence-electron chi connectivity index (χ2n) is 9.71. The molecule has 1 aliphatic rings. The van der Waals surface area contributed by atoms with Gasteiger partial charge in [0.25, 0.3) is 0 Å². The Morgan fingerprint density at radius 2 is 1.76 bits per heavy atom. The monoisotopic (exact) mass is 541 g/mol. The lowest BCUT2D eigenvalue weighted by Gasteiger charge is -2.46. The van der Waals surface area contributed by atoms with Crippen molar-refractivity contribution in [1.82, 2.24) is 4.90 Å². The maximum Gasteiger partial charge on any atom is 0.249 e. The average molecular weight is 543 g/mol. The van der Waals surface area contributed by atoms with E-state index in [2.05, 4.69) is 13.8 Å². The molecule has 1 unspecified atom stereocenters. The predicted octanol–water partition coefficient (Wildman–Crippen LogP) is 7.19. The molecule has 0 radical (unpaired) electrons. The first-order valence-corrected chi connectivity index (χ1v) is 13.2. The summed E-state index contributed by atoms with van der Waals surface area (Å²) in [6.07, 6.45) is -0.389. The summed E-state index contributed by atoms with van der Waals surface area (Å²) in [6, 6.07) is 20.7. The van der Waals surface area contributed by atoms with Crippen molar-refractivity contribution in [2.75, 3.05) is 20.3 Å². The highest BCUT2D eigenvalue weighted by Crippen LogP contribution is 2.43. The van der Waals surface area contributed by atoms with E-state index in [9.17, 15) is 4.79 Å². The molecular formula is C30H33Cl2NO4. The van der Waals surface area contributed by atoms with Gasteiger partial charge in [-0.05, 0) is 65.4 Å². The Labute approximate surface area is 229 Å². The largest absolute Gasteiger partial charge is 0.496 e. The third-order valence-electron chi connectivity index (χ3n) is 6.81. The average Bonchev–Trinajstić information content (AvgIpc) is 2.88. The minimum atomic E-state index is -0.389. The molecule has 0 saturated carbocycles. The summed E-state index contributed by atoms with van der Waals surface area (Å²) in [5, 5.41) is 1.26. The van der Waals surface area contributed by atoms with E-state index in [4.69, 9.17) is 37.4 Å². The number of methoxy groups -OCH3 is 1. The van der Waals surface area contributed by atoms with E-state index in [1.165, 1.54) is 0 Å². The molecule has 0 bridgehead atoms. The van der Waals surface area contributed by atoms with Gasteiger partial charge in [0.05, 0.1) is 32.4 Å². The van der Waals surface area contributed by atoms with Crippen molar-refractivity contribution in [3.63, 3.8) is 0 Å². The van der Waals surface area contributed by atoms with E-state index in [0.717, 1.165) is 28.0 Å². The second-order valence-corrected chi connectivity index (χ2v) is 10.6. The van der Waals surface area contributed by atoms with Crippen LogP contribution in [0.1, 0.15) is 48.2 Å². The van der Waals surface area contributed by atoms with Crippen LogP contribution in [-0.2, 0) is 20.9 Å². The number of morpholine rings is 1. The highest BCUT2D eigenvalue weighted by molar-refractivity contribution is 6.30. The van der Waals surface area contributed by atoms with Gasteiger partial charge in [-0.1, -0.05) is 73.4 Å². The van der Waals surface area contributed by atoms with E-state index in [1.807, 2.05) is 78.6 Å². The molecule has 0 spiro atoms. The predicted molar refractivity (Wildman–Crippen MR) is 147 cm³/mol. The zero-order valence-electron chi connectivity index (χ0n) is 21.6. The standard InChI is InChI=1S/C30H33Cl2NO4/c1-19(2)26(17-36-16-21-9-8-20(3)27(14-21)35-4)33-28(34)18-37-30(23-6-5-7-25(32)15-23)29(33)22-10-12-24(31)13-11-22/h5-15,19,26,29-30H,16-18H2,1-4H3/t26-,29?,30+/m0/s1. The van der Waals surface area contributed by atoms with Crippen molar-refractivity contribution in [2.45, 2.75) is 45.6 Å². The molecular weight excluding hydrogens is 509 g/mol. The molecule has 1 aliphatic heterocycles. The molecule has 7 heteroatoms. The number of rotatable bonds is 9. The molecule has 0 N–H and O–H groups in total. The zero-order valence-corrected chi connectivity index (χ0v) is 23.1. The Kier molecular flexibility index (Phi) is 9.14. The van der Waals surface area contributed by atoms with Gasteiger partial charge in [0.15, 0.2) is 0 Å². The number of hydrogen-bond donors (Lipinski definition) is 0. The molecule has 1 heterocycles. The van der Waals surface area contributed by atoms with Gasteiger partial charge in [-0.25, -0.2) is 0 Å². The molecule has 5 nitrogen and oxygen atoms in total.